The molecule has 0 N–H and O–H groups in total. The van der Waals surface area contributed by atoms with Crippen LogP contribution in [-0.2, 0) is 13.0 Å². The van der Waals surface area contributed by atoms with Crippen molar-refractivity contribution in [2.45, 2.75) is 39.3 Å². The molecule has 1 atom stereocenters. The number of nitrogens with zero attached hydrogens (tertiary/aromatic N) is 1. The van der Waals surface area contributed by atoms with Crippen LogP contribution in [0, 0.1) is 0 Å². The molecule has 0 radical (unpaired) electrons. The zero-order chi connectivity index (χ0) is 16.9. The van der Waals surface area contributed by atoms with Gasteiger partial charge in [-0.3, -0.25) is 4.90 Å². The minimum atomic E-state index is 0.479. The molecule has 3 rings (SSSR count). The molecule has 0 spiro atoms. The molecule has 126 valence electrons. The van der Waals surface area contributed by atoms with Gasteiger partial charge in [0.05, 0.1) is 7.11 Å². The molecule has 0 amide bonds. The first-order chi connectivity index (χ1) is 11.7. The molecule has 1 aliphatic heterocycles. The Balaban J connectivity index is 1.80. The van der Waals surface area contributed by atoms with E-state index in [1.165, 1.54) is 23.1 Å². The normalized spacial score (nSPS) is 18.7. The van der Waals surface area contributed by atoms with Gasteiger partial charge in [0, 0.05) is 19.1 Å². The van der Waals surface area contributed by atoms with Crippen molar-refractivity contribution >= 4 is 0 Å². The molecular weight excluding hydrogens is 294 g/mol. The maximum Gasteiger partial charge on any atom is 0.118 e. The minimum Gasteiger partial charge on any atom is -0.497 e. The molecule has 1 unspecified atom stereocenters. The van der Waals surface area contributed by atoms with E-state index in [2.05, 4.69) is 73.3 Å². The summed E-state index contributed by atoms with van der Waals surface area (Å²) in [6.07, 6.45) is 2.23. The molecule has 1 aliphatic rings. The van der Waals surface area contributed by atoms with Crippen LogP contribution in [0.3, 0.4) is 0 Å². The Morgan fingerprint density at radius 3 is 2.33 bits per heavy atom. The number of hydrogen-bond donors (Lipinski definition) is 0. The first-order valence-corrected chi connectivity index (χ1v) is 8.74. The third-order valence-electron chi connectivity index (χ3n) is 5.20. The Kier molecular flexibility index (Phi) is 5.37. The second-order valence-corrected chi connectivity index (χ2v) is 6.74. The lowest BCUT2D eigenvalue weighted by Gasteiger charge is -2.38. The first-order valence-electron chi connectivity index (χ1n) is 8.74. The summed E-state index contributed by atoms with van der Waals surface area (Å²) in [5, 5.41) is 0. The van der Waals surface area contributed by atoms with Crippen LogP contribution in [0.15, 0.2) is 65.7 Å². The summed E-state index contributed by atoms with van der Waals surface area (Å²) in [5.41, 5.74) is 5.85. The third-order valence-corrected chi connectivity index (χ3v) is 5.20. The van der Waals surface area contributed by atoms with Crippen molar-refractivity contribution in [3.05, 3.63) is 76.9 Å². The predicted molar refractivity (Wildman–Crippen MR) is 100 cm³/mol. The van der Waals surface area contributed by atoms with Gasteiger partial charge in [0.1, 0.15) is 5.75 Å². The monoisotopic (exact) mass is 321 g/mol. The van der Waals surface area contributed by atoms with E-state index in [4.69, 9.17) is 4.74 Å². The van der Waals surface area contributed by atoms with Crippen LogP contribution >= 0.6 is 0 Å². The standard InChI is InChI=1S/C22H27NO/c1-17-13-14-23(16-20-7-5-4-6-8-20)22(18(17)2)15-19-9-11-21(24-3)12-10-19/h4-12,22H,13-16H2,1-3H3. The molecule has 2 heteroatoms. The van der Waals surface area contributed by atoms with Gasteiger partial charge < -0.3 is 4.74 Å². The Labute approximate surface area is 145 Å². The highest BCUT2D eigenvalue weighted by Gasteiger charge is 2.25. The van der Waals surface area contributed by atoms with Crippen LogP contribution in [0.2, 0.25) is 0 Å². The zero-order valence-electron chi connectivity index (χ0n) is 15.0. The lowest BCUT2D eigenvalue weighted by Crippen LogP contribution is -2.41. The van der Waals surface area contributed by atoms with Crippen molar-refractivity contribution in [3.8, 4) is 5.75 Å². The lowest BCUT2D eigenvalue weighted by atomic mass is 9.90. The number of hydrogen-bond acceptors (Lipinski definition) is 2. The van der Waals surface area contributed by atoms with E-state index in [1.54, 1.807) is 12.7 Å². The third kappa shape index (κ3) is 3.88. The summed E-state index contributed by atoms with van der Waals surface area (Å²) >= 11 is 0. The first kappa shape index (κ1) is 16.8. The molecule has 2 nitrogen and oxygen atoms in total. The lowest BCUT2D eigenvalue weighted by molar-refractivity contribution is 0.198. The summed E-state index contributed by atoms with van der Waals surface area (Å²) in [6, 6.07) is 19.8. The summed E-state index contributed by atoms with van der Waals surface area (Å²) in [7, 11) is 1.72. The molecule has 0 fully saturated rings. The van der Waals surface area contributed by atoms with Crippen LogP contribution in [0.5, 0.6) is 5.75 Å². The number of ether oxygens (including phenoxy) is 1. The molecule has 0 bridgehead atoms. The van der Waals surface area contributed by atoms with E-state index in [0.717, 1.165) is 25.3 Å². The number of methoxy groups -OCH3 is 1. The van der Waals surface area contributed by atoms with Gasteiger partial charge in [0.2, 0.25) is 0 Å². The van der Waals surface area contributed by atoms with E-state index < -0.39 is 0 Å². The van der Waals surface area contributed by atoms with E-state index in [1.807, 2.05) is 0 Å². The second-order valence-electron chi connectivity index (χ2n) is 6.74. The summed E-state index contributed by atoms with van der Waals surface area (Å²) in [6.45, 7) is 6.75. The van der Waals surface area contributed by atoms with Gasteiger partial charge >= 0.3 is 0 Å². The van der Waals surface area contributed by atoms with Crippen molar-refractivity contribution in [2.24, 2.45) is 0 Å². The highest BCUT2D eigenvalue weighted by atomic mass is 16.5. The van der Waals surface area contributed by atoms with E-state index in [0.29, 0.717) is 6.04 Å². The topological polar surface area (TPSA) is 12.5 Å². The van der Waals surface area contributed by atoms with Crippen molar-refractivity contribution in [1.82, 2.24) is 4.90 Å². The molecule has 0 aromatic heterocycles. The van der Waals surface area contributed by atoms with Crippen molar-refractivity contribution in [1.29, 1.82) is 0 Å². The van der Waals surface area contributed by atoms with Gasteiger partial charge in [0.15, 0.2) is 0 Å². The average molecular weight is 321 g/mol. The fraction of sp³-hybridized carbons (Fsp3) is 0.364. The largest absolute Gasteiger partial charge is 0.497 e. The Hall–Kier alpha value is -2.06. The SMILES string of the molecule is COc1ccc(CC2C(C)=C(C)CCN2Cc2ccccc2)cc1. The second kappa shape index (κ2) is 7.67. The van der Waals surface area contributed by atoms with Gasteiger partial charge in [-0.15, -0.1) is 0 Å². The predicted octanol–water partition coefficient (Wildman–Crippen LogP) is 4.85. The molecule has 24 heavy (non-hydrogen) atoms. The van der Waals surface area contributed by atoms with Crippen LogP contribution in [0.1, 0.15) is 31.4 Å². The fourth-order valence-corrected chi connectivity index (χ4v) is 3.50. The summed E-state index contributed by atoms with van der Waals surface area (Å²) < 4.78 is 5.28. The summed E-state index contributed by atoms with van der Waals surface area (Å²) in [5.74, 6) is 0.923. The van der Waals surface area contributed by atoms with E-state index in [-0.39, 0.29) is 0 Å². The smallest absolute Gasteiger partial charge is 0.118 e. The van der Waals surface area contributed by atoms with Gasteiger partial charge in [-0.1, -0.05) is 53.6 Å². The minimum absolute atomic E-state index is 0.479. The van der Waals surface area contributed by atoms with Crippen LogP contribution in [0.4, 0.5) is 0 Å². The number of rotatable bonds is 5. The maximum atomic E-state index is 5.28. The highest BCUT2D eigenvalue weighted by molar-refractivity contribution is 5.30. The average Bonchev–Trinajstić information content (AvgIpc) is 2.63. The molecule has 0 aliphatic carbocycles. The van der Waals surface area contributed by atoms with Crippen LogP contribution in [-0.4, -0.2) is 24.6 Å². The zero-order valence-corrected chi connectivity index (χ0v) is 15.0. The Bertz CT molecular complexity index is 688. The van der Waals surface area contributed by atoms with Crippen molar-refractivity contribution in [2.75, 3.05) is 13.7 Å². The van der Waals surface area contributed by atoms with Gasteiger partial charge in [-0.2, -0.15) is 0 Å². The Morgan fingerprint density at radius 2 is 1.67 bits per heavy atom. The summed E-state index contributed by atoms with van der Waals surface area (Å²) in [4.78, 5) is 2.63. The van der Waals surface area contributed by atoms with Gasteiger partial charge in [-0.05, 0) is 49.9 Å². The Morgan fingerprint density at radius 1 is 0.958 bits per heavy atom. The van der Waals surface area contributed by atoms with Gasteiger partial charge in [0.25, 0.3) is 0 Å². The molecule has 2 aromatic carbocycles. The quantitative estimate of drug-likeness (QED) is 0.730. The van der Waals surface area contributed by atoms with Crippen LogP contribution in [0.25, 0.3) is 0 Å². The van der Waals surface area contributed by atoms with Crippen molar-refractivity contribution < 1.29 is 4.74 Å². The molecule has 0 saturated carbocycles. The molecule has 0 saturated heterocycles. The molecule has 1 heterocycles. The van der Waals surface area contributed by atoms with Gasteiger partial charge in [-0.25, -0.2) is 0 Å². The van der Waals surface area contributed by atoms with E-state index >= 15 is 0 Å². The maximum absolute atomic E-state index is 5.28. The molecule has 2 aromatic rings. The van der Waals surface area contributed by atoms with E-state index in [9.17, 15) is 0 Å². The van der Waals surface area contributed by atoms with Crippen molar-refractivity contribution in [3.63, 3.8) is 0 Å². The van der Waals surface area contributed by atoms with Crippen LogP contribution < -0.4 is 4.74 Å². The molecular formula is C22H27NO. The fourth-order valence-electron chi connectivity index (χ4n) is 3.50. The number of benzene rings is 2. The highest BCUT2D eigenvalue weighted by Crippen LogP contribution is 2.28.